The largest absolute Gasteiger partial charge is 0.453 e. The summed E-state index contributed by atoms with van der Waals surface area (Å²) in [5, 5.41) is 25.5. The van der Waals surface area contributed by atoms with Gasteiger partial charge in [0.1, 0.15) is 18.6 Å². The second kappa shape index (κ2) is 17.2. The van der Waals surface area contributed by atoms with E-state index >= 15 is 13.2 Å². The molecular weight excluding hydrogens is 746 g/mol. The summed E-state index contributed by atoms with van der Waals surface area (Å²) in [6, 6.07) is 1.67. The van der Waals surface area contributed by atoms with Gasteiger partial charge in [0.15, 0.2) is 34.6 Å². The highest BCUT2D eigenvalue weighted by molar-refractivity contribution is 5.80. The Morgan fingerprint density at radius 3 is 2.40 bits per heavy atom. The number of nitrogens with one attached hydrogen (secondary N) is 8. The van der Waals surface area contributed by atoms with Crippen LogP contribution in [0.4, 0.5) is 28.9 Å². The van der Waals surface area contributed by atoms with Crippen molar-refractivity contribution in [2.45, 2.75) is 101 Å². The van der Waals surface area contributed by atoms with Crippen molar-refractivity contribution in [1.29, 1.82) is 0 Å². The van der Waals surface area contributed by atoms with E-state index in [-0.39, 0.29) is 24.7 Å². The van der Waals surface area contributed by atoms with Crippen molar-refractivity contribution in [2.75, 3.05) is 64.2 Å². The fraction of sp³-hybridized carbons (Fsp3) is 0.600. The maximum atomic E-state index is 16.7. The van der Waals surface area contributed by atoms with Crippen molar-refractivity contribution >= 4 is 22.5 Å². The monoisotopic (exact) mass is 801 g/mol. The van der Waals surface area contributed by atoms with Gasteiger partial charge >= 0.3 is 0 Å². The zero-order valence-corrected chi connectivity index (χ0v) is 32.9. The van der Waals surface area contributed by atoms with Gasteiger partial charge in [0.05, 0.1) is 41.4 Å². The molecular formula is C40H55F4N9O4. The number of hydrogen-bond donors (Lipinski definition) is 8. The molecule has 6 heterocycles. The smallest absolute Gasteiger partial charge is 0.253 e. The maximum Gasteiger partial charge on any atom is 0.253 e. The van der Waals surface area contributed by atoms with Gasteiger partial charge in [-0.25, -0.2) is 17.6 Å². The lowest BCUT2D eigenvalue weighted by Crippen LogP contribution is -2.70. The Labute approximate surface area is 331 Å². The molecule has 57 heavy (non-hydrogen) atoms. The predicted octanol–water partition coefficient (Wildman–Crippen LogP) is 3.94. The molecule has 0 spiro atoms. The summed E-state index contributed by atoms with van der Waals surface area (Å²) in [6.45, 7) is 6.50. The minimum atomic E-state index is -1.39. The Bertz CT molecular complexity index is 1850. The molecule has 9 atom stereocenters. The van der Waals surface area contributed by atoms with Crippen molar-refractivity contribution in [3.8, 4) is 23.0 Å². The van der Waals surface area contributed by atoms with Gasteiger partial charge in [0.2, 0.25) is 6.79 Å². The van der Waals surface area contributed by atoms with Gasteiger partial charge in [0, 0.05) is 43.3 Å². The highest BCUT2D eigenvalue weighted by Gasteiger charge is 2.40. The molecule has 0 saturated carbocycles. The number of alkyl halides is 2. The predicted molar refractivity (Wildman–Crippen MR) is 211 cm³/mol. The van der Waals surface area contributed by atoms with E-state index in [1.807, 2.05) is 19.2 Å². The average Bonchev–Trinajstić information content (AvgIpc) is 3.64. The number of hydrogen-bond acceptors (Lipinski definition) is 13. The summed E-state index contributed by atoms with van der Waals surface area (Å²) < 4.78 is 87.6. The van der Waals surface area contributed by atoms with Gasteiger partial charge < -0.3 is 45.1 Å². The van der Waals surface area contributed by atoms with Gasteiger partial charge in [-0.3, -0.25) is 21.3 Å². The summed E-state index contributed by atoms with van der Waals surface area (Å²) >= 11 is 0. The summed E-state index contributed by atoms with van der Waals surface area (Å²) in [6.07, 6.45) is 1.99. The number of piperidine rings is 1. The molecule has 312 valence electrons. The molecule has 6 aliphatic heterocycles. The highest BCUT2D eigenvalue weighted by atomic mass is 19.1. The molecule has 13 nitrogen and oxygen atoms in total. The van der Waals surface area contributed by atoms with E-state index in [1.54, 1.807) is 33.0 Å². The zero-order valence-electron chi connectivity index (χ0n) is 32.9. The Balaban J connectivity index is 0.986. The number of fused-ring (bicyclic) bond motifs is 2. The first-order valence-corrected chi connectivity index (χ1v) is 20.2. The SMILES string of the molecule is CNC1CC(Nc2cc3c(c(C4=CCN(C)CCC4)c2F)OC(CNC2NC(Nc4cc5c(c(C6=CCNCCC6)c4F)OCO5)NC(C)C2F)O3)NC(C)C1F. The van der Waals surface area contributed by atoms with Crippen LogP contribution in [0.3, 0.4) is 0 Å². The minimum Gasteiger partial charge on any atom is -0.453 e. The summed E-state index contributed by atoms with van der Waals surface area (Å²) in [4.78, 5) is 2.17. The second-order valence-corrected chi connectivity index (χ2v) is 15.8. The molecule has 9 unspecified atom stereocenters. The molecule has 17 heteroatoms. The van der Waals surface area contributed by atoms with Crippen LogP contribution in [0.2, 0.25) is 0 Å². The minimum absolute atomic E-state index is 0.00569. The lowest BCUT2D eigenvalue weighted by Gasteiger charge is -2.40. The number of rotatable bonds is 10. The number of benzene rings is 2. The third-order valence-electron chi connectivity index (χ3n) is 11.8. The highest BCUT2D eigenvalue weighted by Crippen LogP contribution is 2.48. The van der Waals surface area contributed by atoms with E-state index in [0.717, 1.165) is 37.1 Å². The lowest BCUT2D eigenvalue weighted by atomic mass is 9.95. The second-order valence-electron chi connectivity index (χ2n) is 15.8. The molecule has 2 fully saturated rings. The third kappa shape index (κ3) is 8.38. The molecule has 0 bridgehead atoms. The van der Waals surface area contributed by atoms with Crippen molar-refractivity contribution in [2.24, 2.45) is 0 Å². The number of likely N-dealkylation sites (N-methyl/N-ethyl adjacent to an activating group) is 1. The molecule has 2 aromatic rings. The van der Waals surface area contributed by atoms with Crippen LogP contribution in [0.1, 0.15) is 57.1 Å². The molecule has 0 radical (unpaired) electrons. The van der Waals surface area contributed by atoms with Crippen LogP contribution < -0.4 is 61.5 Å². The molecule has 2 saturated heterocycles. The van der Waals surface area contributed by atoms with E-state index in [0.29, 0.717) is 66.5 Å². The first kappa shape index (κ1) is 40.0. The van der Waals surface area contributed by atoms with E-state index in [4.69, 9.17) is 18.9 Å². The van der Waals surface area contributed by atoms with Gasteiger partial charge in [-0.2, -0.15) is 0 Å². The van der Waals surface area contributed by atoms with E-state index in [1.165, 1.54) is 0 Å². The number of halogens is 4. The quantitative estimate of drug-likeness (QED) is 0.165. The number of ether oxygens (including phenoxy) is 4. The van der Waals surface area contributed by atoms with Crippen molar-refractivity contribution < 1.29 is 36.5 Å². The zero-order chi connectivity index (χ0) is 39.8. The fourth-order valence-corrected chi connectivity index (χ4v) is 8.63. The molecule has 0 aliphatic carbocycles. The summed E-state index contributed by atoms with van der Waals surface area (Å²) in [5.41, 5.74) is 2.75. The first-order valence-electron chi connectivity index (χ1n) is 20.2. The number of anilines is 2. The Morgan fingerprint density at radius 2 is 1.58 bits per heavy atom. The molecule has 0 amide bonds. The number of allylic oxidation sites excluding steroid dienone is 2. The third-order valence-corrected chi connectivity index (χ3v) is 11.8. The van der Waals surface area contributed by atoms with Crippen LogP contribution in [-0.2, 0) is 0 Å². The van der Waals surface area contributed by atoms with Crippen molar-refractivity contribution in [3.05, 3.63) is 47.0 Å². The molecule has 6 aliphatic rings. The summed E-state index contributed by atoms with van der Waals surface area (Å²) in [5.74, 6) is 0.515. The van der Waals surface area contributed by atoms with Gasteiger partial charge in [0.25, 0.3) is 6.29 Å². The summed E-state index contributed by atoms with van der Waals surface area (Å²) in [7, 11) is 3.75. The van der Waals surface area contributed by atoms with Crippen molar-refractivity contribution in [3.63, 3.8) is 0 Å². The Kier molecular flexibility index (Phi) is 12.0. The number of nitrogens with zero attached hydrogens (tertiary/aromatic N) is 1. The molecule has 8 rings (SSSR count). The standard InChI is InChI=1S/C40H55F4N9O4/c1-20-33(41)24(45-3)17-29(48-20)50-25-16-28-38(32(35(25)43)23-8-6-13-53(4)14-10-23)57-30(56-28)18-47-39-34(42)21(2)49-40(52-39)51-26-15-27-37(55-19-54-27)31(36(26)44)22-7-5-11-46-12-9-22/h9-10,15-16,20-21,24,29-30,33-34,39-40,45-52H,5-8,11-14,17-19H2,1-4H3. The van der Waals surface area contributed by atoms with Crippen LogP contribution >= 0.6 is 0 Å². The fourth-order valence-electron chi connectivity index (χ4n) is 8.63. The molecule has 2 aromatic carbocycles. The van der Waals surface area contributed by atoms with Crippen molar-refractivity contribution in [1.82, 2.24) is 36.8 Å². The molecule has 8 N–H and O–H groups in total. The average molecular weight is 802 g/mol. The van der Waals surface area contributed by atoms with Gasteiger partial charge in [-0.15, -0.1) is 0 Å². The lowest BCUT2D eigenvalue weighted by molar-refractivity contribution is 0.0331. The van der Waals surface area contributed by atoms with Crippen LogP contribution in [0, 0.1) is 11.6 Å². The normalized spacial score (nSPS) is 31.6. The van der Waals surface area contributed by atoms with Crippen LogP contribution in [-0.4, -0.2) is 114 Å². The first-order chi connectivity index (χ1) is 27.6. The van der Waals surface area contributed by atoms with E-state index in [2.05, 4.69) is 47.4 Å². The Morgan fingerprint density at radius 1 is 0.842 bits per heavy atom. The maximum absolute atomic E-state index is 16.7. The Hall–Kier alpha value is -3.84. The van der Waals surface area contributed by atoms with Gasteiger partial charge in [-0.05, 0) is 84.3 Å². The topological polar surface area (TPSA) is 136 Å². The van der Waals surface area contributed by atoms with Crippen LogP contribution in [0.25, 0.3) is 11.1 Å². The van der Waals surface area contributed by atoms with Crippen LogP contribution in [0.15, 0.2) is 24.3 Å². The van der Waals surface area contributed by atoms with Gasteiger partial charge in [-0.1, -0.05) is 12.2 Å². The molecule has 0 aromatic heterocycles. The van der Waals surface area contributed by atoms with E-state index in [9.17, 15) is 4.39 Å². The van der Waals surface area contributed by atoms with E-state index < -0.39 is 67.0 Å². The van der Waals surface area contributed by atoms with Crippen LogP contribution in [0.5, 0.6) is 23.0 Å².